The van der Waals surface area contributed by atoms with Crippen LogP contribution in [0.2, 0.25) is 0 Å². The summed E-state index contributed by atoms with van der Waals surface area (Å²) in [6, 6.07) is 18.1. The van der Waals surface area contributed by atoms with E-state index in [0.29, 0.717) is 6.10 Å². The highest BCUT2D eigenvalue weighted by Crippen LogP contribution is 2.34. The Morgan fingerprint density at radius 3 is 2.44 bits per heavy atom. The van der Waals surface area contributed by atoms with Gasteiger partial charge in [-0.15, -0.1) is 0 Å². The van der Waals surface area contributed by atoms with E-state index in [1.807, 2.05) is 54.6 Å². The van der Waals surface area contributed by atoms with Crippen LogP contribution in [0.4, 0.5) is 10.5 Å². The first-order valence-electron chi connectivity index (χ1n) is 9.51. The highest BCUT2D eigenvalue weighted by Gasteiger charge is 2.23. The van der Waals surface area contributed by atoms with E-state index in [0.717, 1.165) is 53.5 Å². The lowest BCUT2D eigenvalue weighted by molar-refractivity contribution is 0.0638. The summed E-state index contributed by atoms with van der Waals surface area (Å²) in [4.78, 5) is 16.1. The molecule has 1 aliphatic rings. The number of methoxy groups -OCH3 is 1. The van der Waals surface area contributed by atoms with Crippen LogP contribution in [0, 0.1) is 0 Å². The zero-order chi connectivity index (χ0) is 18.6. The van der Waals surface area contributed by atoms with Gasteiger partial charge in [-0.05, 0) is 31.7 Å². The number of aromatic amines is 1. The molecule has 140 valence electrons. The quantitative estimate of drug-likeness (QED) is 0.616. The number of hydrogen-bond acceptors (Lipinski definition) is 2. The van der Waals surface area contributed by atoms with Crippen LogP contribution in [0.5, 0.6) is 0 Å². The van der Waals surface area contributed by atoms with E-state index >= 15 is 0 Å². The highest BCUT2D eigenvalue weighted by molar-refractivity contribution is 6.07. The van der Waals surface area contributed by atoms with Gasteiger partial charge in [0.15, 0.2) is 0 Å². The molecule has 27 heavy (non-hydrogen) atoms. The maximum absolute atomic E-state index is 12.7. The smallest absolute Gasteiger partial charge is 0.319 e. The van der Waals surface area contributed by atoms with Gasteiger partial charge in [0.1, 0.15) is 0 Å². The van der Waals surface area contributed by atoms with Crippen LogP contribution >= 0.6 is 0 Å². The van der Waals surface area contributed by atoms with Crippen LogP contribution in [-0.2, 0) is 4.74 Å². The van der Waals surface area contributed by atoms with Gasteiger partial charge in [-0.3, -0.25) is 0 Å². The molecule has 2 amide bonds. The van der Waals surface area contributed by atoms with Crippen molar-refractivity contribution in [2.24, 2.45) is 0 Å². The standard InChI is InChI=1S/C22H25N3O2/c1-27-17-13-11-16(12-14-17)23-22(26)25-21-18-9-5-6-10-19(18)24-20(21)15-7-3-2-4-8-15/h2-10,16-17,24H,11-14H2,1H3,(H2,23,25,26). The average Bonchev–Trinajstić information content (AvgIpc) is 3.08. The van der Waals surface area contributed by atoms with Gasteiger partial charge in [0, 0.05) is 29.6 Å². The summed E-state index contributed by atoms with van der Waals surface area (Å²) in [6.07, 6.45) is 4.20. The molecule has 0 spiro atoms. The predicted molar refractivity (Wildman–Crippen MR) is 109 cm³/mol. The van der Waals surface area contributed by atoms with E-state index in [2.05, 4.69) is 15.6 Å². The lowest BCUT2D eigenvalue weighted by atomic mass is 9.93. The van der Waals surface area contributed by atoms with Gasteiger partial charge in [-0.2, -0.15) is 0 Å². The van der Waals surface area contributed by atoms with E-state index in [-0.39, 0.29) is 12.1 Å². The Kier molecular flexibility index (Phi) is 5.12. The molecule has 5 nitrogen and oxygen atoms in total. The Morgan fingerprint density at radius 2 is 1.70 bits per heavy atom. The third-order valence-corrected chi connectivity index (χ3v) is 5.35. The molecule has 2 aromatic carbocycles. The molecular formula is C22H25N3O2. The zero-order valence-corrected chi connectivity index (χ0v) is 15.5. The molecule has 1 aliphatic carbocycles. The van der Waals surface area contributed by atoms with Crippen LogP contribution in [0.3, 0.4) is 0 Å². The average molecular weight is 363 g/mol. The number of ether oxygens (including phenoxy) is 1. The maximum Gasteiger partial charge on any atom is 0.319 e. The third kappa shape index (κ3) is 3.83. The molecule has 1 saturated carbocycles. The minimum Gasteiger partial charge on any atom is -0.381 e. The van der Waals surface area contributed by atoms with E-state index in [9.17, 15) is 4.79 Å². The molecule has 1 fully saturated rings. The Labute approximate surface area is 159 Å². The number of fused-ring (bicyclic) bond motifs is 1. The molecule has 0 saturated heterocycles. The fourth-order valence-corrected chi connectivity index (χ4v) is 3.87. The topological polar surface area (TPSA) is 66.2 Å². The molecule has 3 aromatic rings. The lowest BCUT2D eigenvalue weighted by Crippen LogP contribution is -2.41. The summed E-state index contributed by atoms with van der Waals surface area (Å²) in [6.45, 7) is 0. The van der Waals surface area contributed by atoms with E-state index in [4.69, 9.17) is 4.74 Å². The third-order valence-electron chi connectivity index (χ3n) is 5.35. The van der Waals surface area contributed by atoms with Crippen LogP contribution in [0.15, 0.2) is 54.6 Å². The number of para-hydroxylation sites is 1. The Hall–Kier alpha value is -2.79. The normalized spacial score (nSPS) is 19.7. The number of urea groups is 1. The number of anilines is 1. The molecule has 0 aliphatic heterocycles. The summed E-state index contributed by atoms with van der Waals surface area (Å²) in [5.74, 6) is 0. The highest BCUT2D eigenvalue weighted by atomic mass is 16.5. The van der Waals surface area contributed by atoms with Crippen molar-refractivity contribution in [1.82, 2.24) is 10.3 Å². The number of carbonyl (C=O) groups excluding carboxylic acids is 1. The molecule has 4 rings (SSSR count). The van der Waals surface area contributed by atoms with Crippen molar-refractivity contribution in [3.8, 4) is 11.3 Å². The number of H-pyrrole nitrogens is 1. The molecule has 0 bridgehead atoms. The molecular weight excluding hydrogens is 338 g/mol. The van der Waals surface area contributed by atoms with Crippen molar-refractivity contribution in [2.75, 3.05) is 12.4 Å². The largest absolute Gasteiger partial charge is 0.381 e. The lowest BCUT2D eigenvalue weighted by Gasteiger charge is -2.28. The number of aromatic nitrogens is 1. The Morgan fingerprint density at radius 1 is 1.00 bits per heavy atom. The fraction of sp³-hybridized carbons (Fsp3) is 0.318. The summed E-state index contributed by atoms with van der Waals surface area (Å²) in [7, 11) is 1.76. The van der Waals surface area contributed by atoms with E-state index < -0.39 is 0 Å². The van der Waals surface area contributed by atoms with Gasteiger partial charge in [0.25, 0.3) is 0 Å². The van der Waals surface area contributed by atoms with Crippen molar-refractivity contribution >= 4 is 22.6 Å². The number of hydrogen-bond donors (Lipinski definition) is 3. The first-order chi connectivity index (χ1) is 13.2. The van der Waals surface area contributed by atoms with Crippen LogP contribution < -0.4 is 10.6 Å². The molecule has 5 heteroatoms. The van der Waals surface area contributed by atoms with Crippen molar-refractivity contribution in [2.45, 2.75) is 37.8 Å². The second kappa shape index (κ2) is 7.84. The van der Waals surface area contributed by atoms with Crippen molar-refractivity contribution in [3.63, 3.8) is 0 Å². The second-order valence-corrected chi connectivity index (χ2v) is 7.09. The van der Waals surface area contributed by atoms with Gasteiger partial charge in [-0.1, -0.05) is 48.5 Å². The summed E-state index contributed by atoms with van der Waals surface area (Å²) >= 11 is 0. The van der Waals surface area contributed by atoms with Crippen molar-refractivity contribution < 1.29 is 9.53 Å². The number of amides is 2. The van der Waals surface area contributed by atoms with Gasteiger partial charge in [0.05, 0.1) is 17.5 Å². The van der Waals surface area contributed by atoms with Crippen LogP contribution in [0.25, 0.3) is 22.2 Å². The summed E-state index contributed by atoms with van der Waals surface area (Å²) in [5.41, 5.74) is 3.80. The Bertz CT molecular complexity index is 912. The molecule has 0 radical (unpaired) electrons. The number of nitrogens with one attached hydrogen (secondary N) is 3. The minimum atomic E-state index is -0.155. The monoisotopic (exact) mass is 363 g/mol. The molecule has 1 aromatic heterocycles. The maximum atomic E-state index is 12.7. The first kappa shape index (κ1) is 17.6. The summed E-state index contributed by atoms with van der Waals surface area (Å²) in [5, 5.41) is 7.23. The van der Waals surface area contributed by atoms with Gasteiger partial charge in [0.2, 0.25) is 0 Å². The molecule has 0 unspecified atom stereocenters. The van der Waals surface area contributed by atoms with Gasteiger partial charge >= 0.3 is 6.03 Å². The van der Waals surface area contributed by atoms with Crippen LogP contribution in [-0.4, -0.2) is 30.3 Å². The SMILES string of the molecule is COC1CCC(NC(=O)Nc2c(-c3ccccc3)[nH]c3ccccc23)CC1. The van der Waals surface area contributed by atoms with Gasteiger partial charge in [-0.25, -0.2) is 4.79 Å². The fourth-order valence-electron chi connectivity index (χ4n) is 3.87. The molecule has 3 N–H and O–H groups in total. The predicted octanol–water partition coefficient (Wildman–Crippen LogP) is 4.91. The second-order valence-electron chi connectivity index (χ2n) is 7.09. The molecule has 1 heterocycles. The minimum absolute atomic E-state index is 0.155. The number of carbonyl (C=O) groups is 1. The summed E-state index contributed by atoms with van der Waals surface area (Å²) < 4.78 is 5.41. The van der Waals surface area contributed by atoms with Crippen molar-refractivity contribution in [1.29, 1.82) is 0 Å². The van der Waals surface area contributed by atoms with E-state index in [1.54, 1.807) is 7.11 Å². The number of rotatable bonds is 4. The van der Waals surface area contributed by atoms with Crippen LogP contribution in [0.1, 0.15) is 25.7 Å². The van der Waals surface area contributed by atoms with Gasteiger partial charge < -0.3 is 20.4 Å². The van der Waals surface area contributed by atoms with Crippen molar-refractivity contribution in [3.05, 3.63) is 54.6 Å². The zero-order valence-electron chi connectivity index (χ0n) is 15.5. The number of benzene rings is 2. The first-order valence-corrected chi connectivity index (χ1v) is 9.51. The Balaban J connectivity index is 1.55. The van der Waals surface area contributed by atoms with E-state index in [1.165, 1.54) is 0 Å². The molecule has 0 atom stereocenters.